The number of nitrogens with zero attached hydrogens (tertiary/aromatic N) is 1. The molecule has 0 radical (unpaired) electrons. The van der Waals surface area contributed by atoms with Crippen molar-refractivity contribution in [2.45, 2.75) is 51.5 Å². The lowest BCUT2D eigenvalue weighted by Crippen LogP contribution is -2.49. The Kier molecular flexibility index (Phi) is 7.30. The Bertz CT molecular complexity index is 306. The van der Waals surface area contributed by atoms with Crippen LogP contribution in [-0.2, 0) is 4.74 Å². The summed E-state index contributed by atoms with van der Waals surface area (Å²) in [6, 6.07) is 0.494. The van der Waals surface area contributed by atoms with Crippen LogP contribution in [0.15, 0.2) is 0 Å². The maximum atomic E-state index is 11.9. The molecular weight excluding hydrogens is 266 g/mol. The average molecular weight is 297 g/mol. The molecule has 0 saturated carbocycles. The van der Waals surface area contributed by atoms with Crippen molar-refractivity contribution in [3.8, 4) is 0 Å². The van der Waals surface area contributed by atoms with E-state index in [1.165, 1.54) is 45.2 Å². The first-order valence-corrected chi connectivity index (χ1v) is 8.63. The number of amides is 2. The van der Waals surface area contributed by atoms with Gasteiger partial charge in [-0.05, 0) is 38.8 Å². The number of nitrogens with one attached hydrogen (secondary N) is 2. The maximum Gasteiger partial charge on any atom is 0.314 e. The first-order chi connectivity index (χ1) is 10.3. The Morgan fingerprint density at radius 3 is 2.86 bits per heavy atom. The summed E-state index contributed by atoms with van der Waals surface area (Å²) in [5.74, 6) is 0.492. The van der Waals surface area contributed by atoms with Crippen LogP contribution < -0.4 is 10.6 Å². The predicted molar refractivity (Wildman–Crippen MR) is 84.4 cm³/mol. The van der Waals surface area contributed by atoms with Crippen LogP contribution >= 0.6 is 0 Å². The van der Waals surface area contributed by atoms with Gasteiger partial charge in [-0.3, -0.25) is 4.90 Å². The van der Waals surface area contributed by atoms with Gasteiger partial charge in [0, 0.05) is 31.7 Å². The summed E-state index contributed by atoms with van der Waals surface area (Å²) < 4.78 is 5.32. The Morgan fingerprint density at radius 2 is 2.10 bits per heavy atom. The minimum Gasteiger partial charge on any atom is -0.381 e. The van der Waals surface area contributed by atoms with Gasteiger partial charge < -0.3 is 15.4 Å². The summed E-state index contributed by atoms with van der Waals surface area (Å²) in [5.41, 5.74) is 0. The van der Waals surface area contributed by atoms with Gasteiger partial charge >= 0.3 is 6.03 Å². The molecule has 2 heterocycles. The second-order valence-electron chi connectivity index (χ2n) is 6.36. The van der Waals surface area contributed by atoms with Crippen LogP contribution in [0.25, 0.3) is 0 Å². The molecule has 0 aliphatic carbocycles. The smallest absolute Gasteiger partial charge is 0.314 e. The van der Waals surface area contributed by atoms with Crippen molar-refractivity contribution in [1.29, 1.82) is 0 Å². The van der Waals surface area contributed by atoms with Gasteiger partial charge in [0.1, 0.15) is 0 Å². The Labute approximate surface area is 128 Å². The number of carbonyl (C=O) groups is 1. The molecule has 0 spiro atoms. The molecule has 0 unspecified atom stereocenters. The second-order valence-corrected chi connectivity index (χ2v) is 6.36. The molecule has 2 fully saturated rings. The lowest BCUT2D eigenvalue weighted by atomic mass is 10.0. The lowest BCUT2D eigenvalue weighted by molar-refractivity contribution is 0.144. The van der Waals surface area contributed by atoms with Gasteiger partial charge in [0.15, 0.2) is 0 Å². The minimum atomic E-state index is -0.0251. The van der Waals surface area contributed by atoms with Gasteiger partial charge in [0.2, 0.25) is 0 Å². The molecule has 2 saturated heterocycles. The summed E-state index contributed by atoms with van der Waals surface area (Å²) in [4.78, 5) is 14.4. The molecule has 0 aromatic carbocycles. The zero-order valence-corrected chi connectivity index (χ0v) is 13.4. The third kappa shape index (κ3) is 5.83. The number of likely N-dealkylation sites (tertiary alicyclic amines) is 1. The number of urea groups is 1. The number of rotatable bonds is 7. The van der Waals surface area contributed by atoms with Crippen LogP contribution in [0.4, 0.5) is 4.79 Å². The fraction of sp³-hybridized carbons (Fsp3) is 0.938. The monoisotopic (exact) mass is 297 g/mol. The first kappa shape index (κ1) is 16.6. The van der Waals surface area contributed by atoms with E-state index in [4.69, 9.17) is 4.74 Å². The number of piperidine rings is 1. The summed E-state index contributed by atoms with van der Waals surface area (Å²) in [6.07, 6.45) is 7.35. The molecule has 2 amide bonds. The summed E-state index contributed by atoms with van der Waals surface area (Å²) in [6.45, 7) is 7.72. The third-order valence-corrected chi connectivity index (χ3v) is 4.62. The average Bonchev–Trinajstić information content (AvgIpc) is 3.03. The van der Waals surface area contributed by atoms with E-state index in [1.807, 2.05) is 0 Å². The Balaban J connectivity index is 1.63. The molecule has 5 nitrogen and oxygen atoms in total. The number of carbonyl (C=O) groups excluding carboxylic acids is 1. The summed E-state index contributed by atoms with van der Waals surface area (Å²) in [7, 11) is 0. The van der Waals surface area contributed by atoms with Gasteiger partial charge in [0.25, 0.3) is 0 Å². The first-order valence-electron chi connectivity index (χ1n) is 8.63. The van der Waals surface area contributed by atoms with Crippen LogP contribution in [0, 0.1) is 5.92 Å². The predicted octanol–water partition coefficient (Wildman–Crippen LogP) is 1.98. The number of unbranched alkanes of at least 4 members (excludes halogenated alkanes) is 1. The topological polar surface area (TPSA) is 53.6 Å². The standard InChI is InChI=1S/C16H31N3O2/c1-2-3-8-19-9-5-4-6-15(19)12-18-16(20)17-11-14-7-10-21-13-14/h14-15H,2-13H2,1H3,(H2,17,18,20)/t14-,15-/m0/s1. The van der Waals surface area contributed by atoms with Crippen molar-refractivity contribution in [2.75, 3.05) is 39.4 Å². The van der Waals surface area contributed by atoms with Crippen molar-refractivity contribution in [1.82, 2.24) is 15.5 Å². The van der Waals surface area contributed by atoms with Crippen LogP contribution in [0.2, 0.25) is 0 Å². The molecule has 5 heteroatoms. The molecule has 0 aromatic heterocycles. The highest BCUT2D eigenvalue weighted by atomic mass is 16.5. The van der Waals surface area contributed by atoms with Crippen LogP contribution in [0.3, 0.4) is 0 Å². The van der Waals surface area contributed by atoms with Crippen LogP contribution in [0.1, 0.15) is 45.4 Å². The van der Waals surface area contributed by atoms with Crippen molar-refractivity contribution < 1.29 is 9.53 Å². The van der Waals surface area contributed by atoms with Crippen LogP contribution in [0.5, 0.6) is 0 Å². The van der Waals surface area contributed by atoms with Gasteiger partial charge in [-0.1, -0.05) is 19.8 Å². The zero-order valence-electron chi connectivity index (χ0n) is 13.4. The molecule has 2 aliphatic heterocycles. The summed E-state index contributed by atoms with van der Waals surface area (Å²) in [5, 5.41) is 6.02. The van der Waals surface area contributed by atoms with Crippen molar-refractivity contribution >= 4 is 6.03 Å². The van der Waals surface area contributed by atoms with E-state index in [-0.39, 0.29) is 6.03 Å². The van der Waals surface area contributed by atoms with Gasteiger partial charge in [0.05, 0.1) is 6.61 Å². The van der Waals surface area contributed by atoms with Crippen molar-refractivity contribution in [3.05, 3.63) is 0 Å². The Hall–Kier alpha value is -0.810. The molecule has 2 rings (SSSR count). The highest BCUT2D eigenvalue weighted by molar-refractivity contribution is 5.73. The number of hydrogen-bond acceptors (Lipinski definition) is 3. The fourth-order valence-corrected chi connectivity index (χ4v) is 3.20. The fourth-order valence-electron chi connectivity index (χ4n) is 3.20. The van der Waals surface area contributed by atoms with Gasteiger partial charge in [-0.25, -0.2) is 4.79 Å². The van der Waals surface area contributed by atoms with E-state index in [9.17, 15) is 4.79 Å². The third-order valence-electron chi connectivity index (χ3n) is 4.62. The molecule has 21 heavy (non-hydrogen) atoms. The highest BCUT2D eigenvalue weighted by Gasteiger charge is 2.22. The van der Waals surface area contributed by atoms with E-state index >= 15 is 0 Å². The lowest BCUT2D eigenvalue weighted by Gasteiger charge is -2.35. The molecule has 0 bridgehead atoms. The quantitative estimate of drug-likeness (QED) is 0.755. The Morgan fingerprint density at radius 1 is 1.24 bits per heavy atom. The maximum absolute atomic E-state index is 11.9. The highest BCUT2D eigenvalue weighted by Crippen LogP contribution is 2.17. The molecule has 0 aromatic rings. The van der Waals surface area contributed by atoms with Crippen LogP contribution in [-0.4, -0.2) is 56.4 Å². The van der Waals surface area contributed by atoms with Crippen molar-refractivity contribution in [2.24, 2.45) is 5.92 Å². The molecule has 2 N–H and O–H groups in total. The molecule has 122 valence electrons. The molecular formula is C16H31N3O2. The van der Waals surface area contributed by atoms with Gasteiger partial charge in [-0.2, -0.15) is 0 Å². The summed E-state index contributed by atoms with van der Waals surface area (Å²) >= 11 is 0. The molecule has 2 aliphatic rings. The van der Waals surface area contributed by atoms with Gasteiger partial charge in [-0.15, -0.1) is 0 Å². The minimum absolute atomic E-state index is 0.0251. The van der Waals surface area contributed by atoms with E-state index in [0.29, 0.717) is 12.0 Å². The number of hydrogen-bond donors (Lipinski definition) is 2. The van der Waals surface area contributed by atoms with E-state index in [1.54, 1.807) is 0 Å². The van der Waals surface area contributed by atoms with Crippen molar-refractivity contribution in [3.63, 3.8) is 0 Å². The SMILES string of the molecule is CCCCN1CCCC[C@H]1CNC(=O)NC[C@@H]1CCOC1. The largest absolute Gasteiger partial charge is 0.381 e. The number of ether oxygens (including phenoxy) is 1. The molecule has 2 atom stereocenters. The normalized spacial score (nSPS) is 26.7. The zero-order chi connectivity index (χ0) is 14.9. The second kappa shape index (κ2) is 9.26. The van der Waals surface area contributed by atoms with E-state index in [0.717, 1.165) is 32.7 Å². The van der Waals surface area contributed by atoms with E-state index < -0.39 is 0 Å². The van der Waals surface area contributed by atoms with E-state index in [2.05, 4.69) is 22.5 Å².